The second-order valence-electron chi connectivity index (χ2n) is 5.89. The molecule has 2 aromatic rings. The molecule has 150 valence electrons. The van der Waals surface area contributed by atoms with Gasteiger partial charge in [0.05, 0.1) is 19.4 Å². The Kier molecular flexibility index (Phi) is 6.29. The van der Waals surface area contributed by atoms with Gasteiger partial charge in [0.25, 0.3) is 11.8 Å². The minimum atomic E-state index is -0.627. The van der Waals surface area contributed by atoms with E-state index in [-0.39, 0.29) is 10.7 Å². The van der Waals surface area contributed by atoms with Crippen molar-refractivity contribution in [3.05, 3.63) is 57.8 Å². The molecule has 29 heavy (non-hydrogen) atoms. The highest BCUT2D eigenvalue weighted by Crippen LogP contribution is 2.35. The Labute approximate surface area is 180 Å². The topological polar surface area (TPSA) is 67.9 Å². The van der Waals surface area contributed by atoms with E-state index < -0.39 is 17.6 Å². The van der Waals surface area contributed by atoms with Gasteiger partial charge in [-0.2, -0.15) is 0 Å². The van der Waals surface area contributed by atoms with Crippen LogP contribution in [-0.2, 0) is 9.59 Å². The second-order valence-corrected chi connectivity index (χ2v) is 7.13. The molecule has 1 heterocycles. The van der Waals surface area contributed by atoms with Crippen molar-refractivity contribution in [1.82, 2.24) is 5.32 Å². The third kappa shape index (κ3) is 4.30. The number of amides is 2. The lowest BCUT2D eigenvalue weighted by atomic mass is 10.1. The van der Waals surface area contributed by atoms with Gasteiger partial charge in [-0.15, -0.1) is 0 Å². The van der Waals surface area contributed by atoms with Gasteiger partial charge in [-0.25, -0.2) is 4.39 Å². The molecule has 1 saturated heterocycles. The van der Waals surface area contributed by atoms with E-state index in [1.165, 1.54) is 37.5 Å². The minimum Gasteiger partial charge on any atom is -0.493 e. The quantitative estimate of drug-likeness (QED) is 0.401. The van der Waals surface area contributed by atoms with Crippen LogP contribution in [0.3, 0.4) is 0 Å². The summed E-state index contributed by atoms with van der Waals surface area (Å²) in [6.07, 6.45) is 1.43. The Morgan fingerprint density at radius 3 is 2.52 bits per heavy atom. The zero-order chi connectivity index (χ0) is 21.1. The molecule has 9 heteroatoms. The van der Waals surface area contributed by atoms with Crippen LogP contribution in [0.5, 0.6) is 11.5 Å². The Morgan fingerprint density at radius 1 is 1.21 bits per heavy atom. The average Bonchev–Trinajstić information content (AvgIpc) is 2.68. The second kappa shape index (κ2) is 8.71. The molecule has 6 nitrogen and oxygen atoms in total. The molecule has 1 aliphatic rings. The molecule has 0 atom stereocenters. The van der Waals surface area contributed by atoms with Gasteiger partial charge in [0.2, 0.25) is 0 Å². The molecule has 2 aromatic carbocycles. The fourth-order valence-corrected chi connectivity index (χ4v) is 3.44. The van der Waals surface area contributed by atoms with Gasteiger partial charge in [-0.1, -0.05) is 15.9 Å². The summed E-state index contributed by atoms with van der Waals surface area (Å²) in [5.41, 5.74) is 0.751. The highest BCUT2D eigenvalue weighted by Gasteiger charge is 2.34. The first-order chi connectivity index (χ1) is 13.8. The summed E-state index contributed by atoms with van der Waals surface area (Å²) in [6.45, 7) is 2.30. The monoisotopic (exact) mass is 478 g/mol. The summed E-state index contributed by atoms with van der Waals surface area (Å²) in [5, 5.41) is 2.41. The zero-order valence-corrected chi connectivity index (χ0v) is 17.9. The number of hydrogen-bond donors (Lipinski definition) is 1. The van der Waals surface area contributed by atoms with Crippen molar-refractivity contribution in [2.45, 2.75) is 6.92 Å². The highest BCUT2D eigenvalue weighted by atomic mass is 79.9. The standard InChI is InChI=1S/C20H16BrFN2O4S/c1-3-28-17-10-15(21)11(9-16(17)27-2)8-14-18(25)23-20(29)24(19(14)26)13-6-4-12(22)5-7-13/h4-10H,3H2,1-2H3,(H,23,25,29)/b14-8+. The molecule has 0 saturated carbocycles. The number of methoxy groups -OCH3 is 1. The highest BCUT2D eigenvalue weighted by molar-refractivity contribution is 9.10. The lowest BCUT2D eigenvalue weighted by Crippen LogP contribution is -2.54. The van der Waals surface area contributed by atoms with Gasteiger partial charge in [-0.3, -0.25) is 19.8 Å². The number of nitrogens with one attached hydrogen (secondary N) is 1. The maximum atomic E-state index is 13.2. The van der Waals surface area contributed by atoms with Crippen molar-refractivity contribution < 1.29 is 23.5 Å². The summed E-state index contributed by atoms with van der Waals surface area (Å²) in [5.74, 6) is -0.716. The van der Waals surface area contributed by atoms with E-state index >= 15 is 0 Å². The summed E-state index contributed by atoms with van der Waals surface area (Å²) in [4.78, 5) is 26.6. The third-order valence-corrected chi connectivity index (χ3v) is 5.04. The van der Waals surface area contributed by atoms with E-state index in [0.29, 0.717) is 33.8 Å². The number of carbonyl (C=O) groups is 2. The van der Waals surface area contributed by atoms with E-state index in [9.17, 15) is 14.0 Å². The summed E-state index contributed by atoms with van der Waals surface area (Å²) < 4.78 is 24.7. The van der Waals surface area contributed by atoms with Crippen LogP contribution in [0.15, 0.2) is 46.4 Å². The van der Waals surface area contributed by atoms with Crippen molar-refractivity contribution in [3.8, 4) is 11.5 Å². The first-order valence-corrected chi connectivity index (χ1v) is 9.73. The van der Waals surface area contributed by atoms with Crippen molar-refractivity contribution >= 4 is 56.8 Å². The largest absolute Gasteiger partial charge is 0.493 e. The lowest BCUT2D eigenvalue weighted by molar-refractivity contribution is -0.122. The van der Waals surface area contributed by atoms with Crippen LogP contribution in [0.4, 0.5) is 10.1 Å². The molecule has 0 radical (unpaired) electrons. The Balaban J connectivity index is 2.03. The number of halogens is 2. The molecule has 1 fully saturated rings. The third-order valence-electron chi connectivity index (χ3n) is 4.07. The molecule has 0 bridgehead atoms. The number of carbonyl (C=O) groups excluding carboxylic acids is 2. The van der Waals surface area contributed by atoms with Crippen molar-refractivity contribution in [2.24, 2.45) is 0 Å². The molecular formula is C20H16BrFN2O4S. The Hall–Kier alpha value is -2.78. The predicted octanol–water partition coefficient (Wildman–Crippen LogP) is 3.83. The molecule has 1 N–H and O–H groups in total. The molecule has 1 aliphatic heterocycles. The first-order valence-electron chi connectivity index (χ1n) is 8.53. The van der Waals surface area contributed by atoms with Gasteiger partial charge in [-0.05, 0) is 67.2 Å². The average molecular weight is 479 g/mol. The van der Waals surface area contributed by atoms with Crippen LogP contribution in [0.1, 0.15) is 12.5 Å². The summed E-state index contributed by atoms with van der Waals surface area (Å²) in [6, 6.07) is 8.58. The minimum absolute atomic E-state index is 0.0768. The summed E-state index contributed by atoms with van der Waals surface area (Å²) in [7, 11) is 1.50. The van der Waals surface area contributed by atoms with E-state index in [2.05, 4.69) is 21.2 Å². The Bertz CT molecular complexity index is 1020. The SMILES string of the molecule is CCOc1cc(Br)c(/C=C2\C(=O)NC(=S)N(c3ccc(F)cc3)C2=O)cc1OC. The maximum absolute atomic E-state index is 13.2. The van der Waals surface area contributed by atoms with Crippen LogP contribution in [0, 0.1) is 5.82 Å². The van der Waals surface area contributed by atoms with Crippen LogP contribution < -0.4 is 19.7 Å². The fourth-order valence-electron chi connectivity index (χ4n) is 2.73. The van der Waals surface area contributed by atoms with Crippen molar-refractivity contribution in [3.63, 3.8) is 0 Å². The number of ether oxygens (including phenoxy) is 2. The number of hydrogen-bond acceptors (Lipinski definition) is 5. The number of benzene rings is 2. The molecule has 3 rings (SSSR count). The first kappa shape index (κ1) is 20.9. The van der Waals surface area contributed by atoms with Gasteiger partial charge < -0.3 is 9.47 Å². The molecular weight excluding hydrogens is 463 g/mol. The van der Waals surface area contributed by atoms with Gasteiger partial charge in [0, 0.05) is 4.47 Å². The van der Waals surface area contributed by atoms with Crippen LogP contribution >= 0.6 is 28.1 Å². The molecule has 0 spiro atoms. The van der Waals surface area contributed by atoms with Crippen LogP contribution in [0.2, 0.25) is 0 Å². The van der Waals surface area contributed by atoms with Crippen molar-refractivity contribution in [2.75, 3.05) is 18.6 Å². The Morgan fingerprint density at radius 2 is 1.90 bits per heavy atom. The van der Waals surface area contributed by atoms with E-state index in [1.807, 2.05) is 6.92 Å². The molecule has 2 amide bonds. The van der Waals surface area contributed by atoms with E-state index in [1.54, 1.807) is 12.1 Å². The van der Waals surface area contributed by atoms with Gasteiger partial charge >= 0.3 is 0 Å². The molecule has 0 aliphatic carbocycles. The van der Waals surface area contributed by atoms with Gasteiger partial charge in [0.15, 0.2) is 16.6 Å². The van der Waals surface area contributed by atoms with Crippen molar-refractivity contribution in [1.29, 1.82) is 0 Å². The van der Waals surface area contributed by atoms with Crippen LogP contribution in [0.25, 0.3) is 6.08 Å². The number of thiocarbonyl (C=S) groups is 1. The van der Waals surface area contributed by atoms with Gasteiger partial charge in [0.1, 0.15) is 11.4 Å². The normalized spacial score (nSPS) is 15.5. The fraction of sp³-hybridized carbons (Fsp3) is 0.150. The maximum Gasteiger partial charge on any atom is 0.270 e. The number of nitrogens with zero attached hydrogens (tertiary/aromatic N) is 1. The van der Waals surface area contributed by atoms with E-state index in [0.717, 1.165) is 4.90 Å². The smallest absolute Gasteiger partial charge is 0.270 e. The molecule has 0 unspecified atom stereocenters. The van der Waals surface area contributed by atoms with Crippen LogP contribution in [-0.4, -0.2) is 30.6 Å². The molecule has 0 aromatic heterocycles. The predicted molar refractivity (Wildman–Crippen MR) is 114 cm³/mol. The number of anilines is 1. The summed E-state index contributed by atoms with van der Waals surface area (Å²) >= 11 is 8.55. The van der Waals surface area contributed by atoms with E-state index in [4.69, 9.17) is 21.7 Å². The number of rotatable bonds is 5. The lowest BCUT2D eigenvalue weighted by Gasteiger charge is -2.29. The zero-order valence-electron chi connectivity index (χ0n) is 15.5.